The quantitative estimate of drug-likeness (QED) is 0.0937. The Kier molecular flexibility index (Phi) is 11.2. The van der Waals surface area contributed by atoms with Crippen molar-refractivity contribution < 1.29 is 23.7 Å². The molecule has 1 aromatic heterocycles. The molecule has 0 spiro atoms. The van der Waals surface area contributed by atoms with Crippen LogP contribution >= 0.6 is 22.9 Å². The number of methoxy groups -OCH3 is 1. The number of rotatable bonds is 13. The molecular weight excluding hydrogens is 684 g/mol. The molecule has 8 nitrogen and oxygen atoms in total. The third kappa shape index (κ3) is 7.55. The minimum absolute atomic E-state index is 0.164. The average molecular weight is 721 g/mol. The maximum Gasteiger partial charge on any atom is 0.338 e. The standard InChI is InChI=1S/C41H37ClN2O6S/c1-5-13-29-22-26(23-33(48-6-2)38(29)50-25-30-16-11-12-17-32(30)42)24-34-39(45)44-37(28-18-20-31(47-4)21-19-28)35(40(46)49-7-3)36(43-41(44)51-34)27-14-9-8-10-15-27/h5,8-12,14-24,37H,1,6-7,13,25H2,2-4H3/b34-24+/t37-/m1/s1. The minimum atomic E-state index is -0.806. The summed E-state index contributed by atoms with van der Waals surface area (Å²) >= 11 is 7.66. The van der Waals surface area contributed by atoms with E-state index in [1.807, 2.05) is 104 Å². The molecule has 0 saturated heterocycles. The van der Waals surface area contributed by atoms with Crippen LogP contribution in [0.25, 0.3) is 11.8 Å². The first-order valence-corrected chi connectivity index (χ1v) is 17.7. The van der Waals surface area contributed by atoms with Crippen LogP contribution in [0.3, 0.4) is 0 Å². The van der Waals surface area contributed by atoms with Gasteiger partial charge in [0.1, 0.15) is 12.4 Å². The maximum absolute atomic E-state index is 14.5. The number of hydrogen-bond donors (Lipinski definition) is 0. The van der Waals surface area contributed by atoms with Gasteiger partial charge in [-0.2, -0.15) is 0 Å². The maximum atomic E-state index is 14.5. The number of thiazole rings is 1. The van der Waals surface area contributed by atoms with Crippen molar-refractivity contribution >= 4 is 40.7 Å². The second-order valence-corrected chi connectivity index (χ2v) is 12.9. The van der Waals surface area contributed by atoms with Crippen LogP contribution in [-0.2, 0) is 22.6 Å². The van der Waals surface area contributed by atoms with E-state index in [0.29, 0.717) is 55.9 Å². The molecule has 260 valence electrons. The normalized spacial score (nSPS) is 14.0. The van der Waals surface area contributed by atoms with E-state index in [1.54, 1.807) is 24.7 Å². The van der Waals surface area contributed by atoms with Crippen molar-refractivity contribution in [2.45, 2.75) is 32.9 Å². The molecule has 0 saturated carbocycles. The molecule has 0 aliphatic carbocycles. The van der Waals surface area contributed by atoms with E-state index in [9.17, 15) is 9.59 Å². The van der Waals surface area contributed by atoms with Crippen molar-refractivity contribution in [3.8, 4) is 17.2 Å². The van der Waals surface area contributed by atoms with Crippen LogP contribution in [-0.4, -0.2) is 30.9 Å². The van der Waals surface area contributed by atoms with Crippen LogP contribution in [0.15, 0.2) is 119 Å². The molecule has 51 heavy (non-hydrogen) atoms. The van der Waals surface area contributed by atoms with Gasteiger partial charge in [-0.1, -0.05) is 89.7 Å². The Bertz CT molecular complexity index is 2280. The van der Waals surface area contributed by atoms with Gasteiger partial charge in [-0.3, -0.25) is 9.36 Å². The van der Waals surface area contributed by atoms with Gasteiger partial charge in [0.05, 0.1) is 42.2 Å². The van der Waals surface area contributed by atoms with Gasteiger partial charge in [0.15, 0.2) is 16.3 Å². The molecule has 10 heteroatoms. The number of esters is 1. The number of ether oxygens (including phenoxy) is 4. The lowest BCUT2D eigenvalue weighted by atomic mass is 9.93. The Morgan fingerprint density at radius 3 is 2.39 bits per heavy atom. The number of hydrogen-bond acceptors (Lipinski definition) is 8. The number of allylic oxidation sites excluding steroid dienone is 1. The van der Waals surface area contributed by atoms with Gasteiger partial charge in [0, 0.05) is 21.7 Å². The zero-order valence-electron chi connectivity index (χ0n) is 28.6. The number of halogens is 1. The van der Waals surface area contributed by atoms with Crippen molar-refractivity contribution in [3.63, 3.8) is 0 Å². The minimum Gasteiger partial charge on any atom is -0.497 e. The first-order valence-electron chi connectivity index (χ1n) is 16.6. The van der Waals surface area contributed by atoms with Gasteiger partial charge in [-0.15, -0.1) is 6.58 Å². The van der Waals surface area contributed by atoms with Crippen LogP contribution in [0.4, 0.5) is 0 Å². The van der Waals surface area contributed by atoms with E-state index in [0.717, 1.165) is 22.3 Å². The van der Waals surface area contributed by atoms with Crippen molar-refractivity contribution in [2.24, 2.45) is 4.99 Å². The smallest absolute Gasteiger partial charge is 0.338 e. The number of fused-ring (bicyclic) bond motifs is 1. The highest BCUT2D eigenvalue weighted by atomic mass is 35.5. The molecule has 1 atom stereocenters. The summed E-state index contributed by atoms with van der Waals surface area (Å²) in [6.45, 7) is 8.42. The molecule has 0 radical (unpaired) electrons. The Balaban J connectivity index is 1.53. The highest BCUT2D eigenvalue weighted by molar-refractivity contribution is 7.07. The molecule has 4 aromatic carbocycles. The average Bonchev–Trinajstić information content (AvgIpc) is 3.45. The monoisotopic (exact) mass is 720 g/mol. The fraction of sp³-hybridized carbons (Fsp3) is 0.195. The molecule has 5 aromatic rings. The summed E-state index contributed by atoms with van der Waals surface area (Å²) in [5.74, 6) is 1.23. The van der Waals surface area contributed by atoms with Gasteiger partial charge < -0.3 is 18.9 Å². The van der Waals surface area contributed by atoms with E-state index in [-0.39, 0.29) is 24.3 Å². The van der Waals surface area contributed by atoms with Gasteiger partial charge in [-0.25, -0.2) is 9.79 Å². The molecule has 2 heterocycles. The Morgan fingerprint density at radius 2 is 1.71 bits per heavy atom. The summed E-state index contributed by atoms with van der Waals surface area (Å²) in [6, 6.07) is 27.3. The van der Waals surface area contributed by atoms with Crippen LogP contribution in [0, 0.1) is 0 Å². The van der Waals surface area contributed by atoms with Crippen molar-refractivity contribution in [2.75, 3.05) is 20.3 Å². The van der Waals surface area contributed by atoms with Crippen LogP contribution in [0.1, 0.15) is 47.7 Å². The number of benzene rings is 4. The van der Waals surface area contributed by atoms with E-state index in [4.69, 9.17) is 35.5 Å². The molecule has 0 bridgehead atoms. The number of aromatic nitrogens is 1. The van der Waals surface area contributed by atoms with Crippen molar-refractivity contribution in [1.29, 1.82) is 0 Å². The van der Waals surface area contributed by atoms with E-state index < -0.39 is 12.0 Å². The number of carbonyl (C=O) groups excluding carboxylic acids is 1. The summed E-state index contributed by atoms with van der Waals surface area (Å²) < 4.78 is 25.4. The van der Waals surface area contributed by atoms with Crippen LogP contribution < -0.4 is 29.1 Å². The first kappa shape index (κ1) is 35.4. The van der Waals surface area contributed by atoms with E-state index in [1.165, 1.54) is 11.3 Å². The van der Waals surface area contributed by atoms with Crippen molar-refractivity contribution in [3.05, 3.63) is 162 Å². The van der Waals surface area contributed by atoms with Gasteiger partial charge in [-0.05, 0) is 67.8 Å². The molecule has 0 N–H and O–H groups in total. The molecular formula is C41H37ClN2O6S. The fourth-order valence-corrected chi connectivity index (χ4v) is 7.15. The Labute approximate surface area is 305 Å². The predicted octanol–water partition coefficient (Wildman–Crippen LogP) is 7.30. The molecule has 0 unspecified atom stereocenters. The Morgan fingerprint density at radius 1 is 0.961 bits per heavy atom. The molecule has 0 fully saturated rings. The zero-order chi connectivity index (χ0) is 35.9. The SMILES string of the molecule is C=CCc1cc(/C=c2/sc3n(c2=O)[C@H](c2ccc(OC)cc2)C(C(=O)OCC)=C(c2ccccc2)N=3)cc(OCC)c1OCc1ccccc1Cl. The number of nitrogens with zero attached hydrogens (tertiary/aromatic N) is 2. The van der Waals surface area contributed by atoms with Crippen LogP contribution in [0.5, 0.6) is 17.2 Å². The molecule has 1 aliphatic rings. The highest BCUT2D eigenvalue weighted by Gasteiger charge is 2.35. The summed E-state index contributed by atoms with van der Waals surface area (Å²) in [4.78, 5) is 33.6. The first-order chi connectivity index (χ1) is 24.9. The lowest BCUT2D eigenvalue weighted by Gasteiger charge is -2.26. The van der Waals surface area contributed by atoms with Gasteiger partial charge in [0.2, 0.25) is 0 Å². The summed E-state index contributed by atoms with van der Waals surface area (Å²) in [6.07, 6.45) is 4.11. The highest BCUT2D eigenvalue weighted by Crippen LogP contribution is 2.37. The van der Waals surface area contributed by atoms with E-state index >= 15 is 0 Å². The van der Waals surface area contributed by atoms with Crippen molar-refractivity contribution in [1.82, 2.24) is 4.57 Å². The van der Waals surface area contributed by atoms with Gasteiger partial charge in [0.25, 0.3) is 5.56 Å². The topological polar surface area (TPSA) is 88.4 Å². The Hall–Kier alpha value is -5.38. The fourth-order valence-electron chi connectivity index (χ4n) is 5.96. The third-order valence-corrected chi connectivity index (χ3v) is 9.60. The molecule has 1 aliphatic heterocycles. The summed E-state index contributed by atoms with van der Waals surface area (Å²) in [7, 11) is 1.59. The third-order valence-electron chi connectivity index (χ3n) is 8.25. The zero-order valence-corrected chi connectivity index (χ0v) is 30.1. The number of carbonyl (C=O) groups is 1. The van der Waals surface area contributed by atoms with E-state index in [2.05, 4.69) is 6.58 Å². The lowest BCUT2D eigenvalue weighted by Crippen LogP contribution is -2.40. The van der Waals surface area contributed by atoms with Crippen LogP contribution in [0.2, 0.25) is 5.02 Å². The second-order valence-electron chi connectivity index (χ2n) is 11.5. The largest absolute Gasteiger partial charge is 0.497 e. The molecule has 6 rings (SSSR count). The predicted molar refractivity (Wildman–Crippen MR) is 201 cm³/mol. The second kappa shape index (κ2) is 16.1. The molecule has 0 amide bonds. The van der Waals surface area contributed by atoms with Gasteiger partial charge >= 0.3 is 5.97 Å². The summed E-state index contributed by atoms with van der Waals surface area (Å²) in [5, 5.41) is 0.613. The summed E-state index contributed by atoms with van der Waals surface area (Å²) in [5.41, 5.74) is 4.30. The lowest BCUT2D eigenvalue weighted by molar-refractivity contribution is -0.138.